The molecule has 1 aliphatic rings. The van der Waals surface area contributed by atoms with Crippen LogP contribution in [0.1, 0.15) is 51.5 Å². The molecule has 3 nitrogen and oxygen atoms in total. The molecule has 0 heterocycles. The Labute approximate surface area is 129 Å². The first-order chi connectivity index (χ1) is 10.3. The van der Waals surface area contributed by atoms with Gasteiger partial charge in [0.1, 0.15) is 11.5 Å². The Morgan fingerprint density at radius 3 is 2.67 bits per heavy atom. The molecule has 21 heavy (non-hydrogen) atoms. The molecule has 2 rings (SSSR count). The summed E-state index contributed by atoms with van der Waals surface area (Å²) in [5, 5.41) is 3.37. The summed E-state index contributed by atoms with van der Waals surface area (Å²) in [6, 6.07) is 6.22. The van der Waals surface area contributed by atoms with Gasteiger partial charge in [-0.1, -0.05) is 32.8 Å². The van der Waals surface area contributed by atoms with Crippen LogP contribution in [0.3, 0.4) is 0 Å². The fourth-order valence-electron chi connectivity index (χ4n) is 2.77. The van der Waals surface area contributed by atoms with Gasteiger partial charge in [0.25, 0.3) is 0 Å². The molecule has 0 radical (unpaired) electrons. The zero-order valence-electron chi connectivity index (χ0n) is 13.5. The fourth-order valence-corrected chi connectivity index (χ4v) is 2.77. The molecule has 0 saturated heterocycles. The molecule has 1 aliphatic carbocycles. The predicted octanol–water partition coefficient (Wildman–Crippen LogP) is 4.15. The zero-order chi connectivity index (χ0) is 14.9. The van der Waals surface area contributed by atoms with E-state index in [4.69, 9.17) is 9.47 Å². The van der Waals surface area contributed by atoms with E-state index in [0.717, 1.165) is 50.1 Å². The lowest BCUT2D eigenvalue weighted by Crippen LogP contribution is -2.14. The van der Waals surface area contributed by atoms with Crippen LogP contribution in [-0.2, 0) is 6.54 Å². The van der Waals surface area contributed by atoms with Crippen molar-refractivity contribution in [2.75, 3.05) is 19.8 Å². The largest absolute Gasteiger partial charge is 0.493 e. The summed E-state index contributed by atoms with van der Waals surface area (Å²) in [5.41, 5.74) is 1.22. The number of nitrogens with one attached hydrogen (secondary N) is 1. The third kappa shape index (κ3) is 5.24. The second-order valence-electron chi connectivity index (χ2n) is 5.86. The van der Waals surface area contributed by atoms with Gasteiger partial charge in [-0.15, -0.1) is 0 Å². The van der Waals surface area contributed by atoms with Gasteiger partial charge in [-0.3, -0.25) is 0 Å². The summed E-state index contributed by atoms with van der Waals surface area (Å²) in [6.45, 7) is 7.67. The standard InChI is InChI=1S/C18H29NO2/c1-3-11-20-17-10-9-16(13-19-4-2)18(12-17)21-14-15-7-5-6-8-15/h9-10,12,15,19H,3-8,11,13-14H2,1-2H3. The molecule has 3 heteroatoms. The van der Waals surface area contributed by atoms with Crippen LogP contribution in [0, 0.1) is 5.92 Å². The first-order valence-corrected chi connectivity index (χ1v) is 8.42. The molecule has 0 atom stereocenters. The maximum Gasteiger partial charge on any atom is 0.127 e. The van der Waals surface area contributed by atoms with E-state index >= 15 is 0 Å². The van der Waals surface area contributed by atoms with Crippen molar-refractivity contribution in [3.05, 3.63) is 23.8 Å². The molecule has 0 aromatic heterocycles. The molecule has 1 saturated carbocycles. The number of ether oxygens (including phenoxy) is 2. The smallest absolute Gasteiger partial charge is 0.127 e. The third-order valence-corrected chi connectivity index (χ3v) is 4.03. The Balaban J connectivity index is 2.00. The summed E-state index contributed by atoms with van der Waals surface area (Å²) >= 11 is 0. The minimum atomic E-state index is 0.734. The first-order valence-electron chi connectivity index (χ1n) is 8.42. The van der Waals surface area contributed by atoms with Crippen molar-refractivity contribution in [1.82, 2.24) is 5.32 Å². The molecule has 1 fully saturated rings. The van der Waals surface area contributed by atoms with Crippen molar-refractivity contribution < 1.29 is 9.47 Å². The van der Waals surface area contributed by atoms with Crippen LogP contribution in [0.2, 0.25) is 0 Å². The molecule has 0 amide bonds. The summed E-state index contributed by atoms with van der Waals surface area (Å²) in [7, 11) is 0. The van der Waals surface area contributed by atoms with Crippen LogP contribution in [0.4, 0.5) is 0 Å². The maximum atomic E-state index is 6.12. The second kappa shape index (κ2) is 8.93. The average molecular weight is 291 g/mol. The zero-order valence-corrected chi connectivity index (χ0v) is 13.5. The molecular weight excluding hydrogens is 262 g/mol. The Bertz CT molecular complexity index is 414. The highest BCUT2D eigenvalue weighted by atomic mass is 16.5. The maximum absolute atomic E-state index is 6.12. The third-order valence-electron chi connectivity index (χ3n) is 4.03. The van der Waals surface area contributed by atoms with Gasteiger partial charge in [0.05, 0.1) is 13.2 Å². The van der Waals surface area contributed by atoms with E-state index < -0.39 is 0 Å². The van der Waals surface area contributed by atoms with Crippen LogP contribution in [-0.4, -0.2) is 19.8 Å². The van der Waals surface area contributed by atoms with Crippen LogP contribution in [0.15, 0.2) is 18.2 Å². The lowest BCUT2D eigenvalue weighted by Gasteiger charge is -2.16. The molecule has 1 aromatic carbocycles. The highest BCUT2D eigenvalue weighted by Gasteiger charge is 2.16. The van der Waals surface area contributed by atoms with Crippen molar-refractivity contribution >= 4 is 0 Å². The Kier molecular flexibility index (Phi) is 6.87. The number of hydrogen-bond donors (Lipinski definition) is 1. The van der Waals surface area contributed by atoms with E-state index in [-0.39, 0.29) is 0 Å². The number of rotatable bonds is 9. The van der Waals surface area contributed by atoms with Gasteiger partial charge >= 0.3 is 0 Å². The van der Waals surface area contributed by atoms with E-state index in [1.54, 1.807) is 0 Å². The molecule has 118 valence electrons. The van der Waals surface area contributed by atoms with Gasteiger partial charge in [-0.2, -0.15) is 0 Å². The number of benzene rings is 1. The van der Waals surface area contributed by atoms with Crippen molar-refractivity contribution in [3.8, 4) is 11.5 Å². The van der Waals surface area contributed by atoms with Gasteiger partial charge in [-0.05, 0) is 37.8 Å². The van der Waals surface area contributed by atoms with E-state index in [1.165, 1.54) is 31.2 Å². The van der Waals surface area contributed by atoms with Gasteiger partial charge in [0.15, 0.2) is 0 Å². The summed E-state index contributed by atoms with van der Waals surface area (Å²) in [5.74, 6) is 2.63. The van der Waals surface area contributed by atoms with Gasteiger partial charge in [0, 0.05) is 18.2 Å². The van der Waals surface area contributed by atoms with Crippen molar-refractivity contribution in [3.63, 3.8) is 0 Å². The highest BCUT2D eigenvalue weighted by Crippen LogP contribution is 2.29. The van der Waals surface area contributed by atoms with Crippen molar-refractivity contribution in [2.24, 2.45) is 5.92 Å². The van der Waals surface area contributed by atoms with E-state index in [0.29, 0.717) is 0 Å². The molecule has 0 spiro atoms. The molecule has 1 N–H and O–H groups in total. The van der Waals surface area contributed by atoms with Crippen molar-refractivity contribution in [2.45, 2.75) is 52.5 Å². The van der Waals surface area contributed by atoms with E-state index in [1.807, 2.05) is 6.07 Å². The summed E-state index contributed by atoms with van der Waals surface area (Å²) in [4.78, 5) is 0. The lowest BCUT2D eigenvalue weighted by molar-refractivity contribution is 0.247. The van der Waals surface area contributed by atoms with Crippen molar-refractivity contribution in [1.29, 1.82) is 0 Å². The molecule has 1 aromatic rings. The van der Waals surface area contributed by atoms with Gasteiger partial charge < -0.3 is 14.8 Å². The van der Waals surface area contributed by atoms with Gasteiger partial charge in [0.2, 0.25) is 0 Å². The predicted molar refractivity (Wildman–Crippen MR) is 87.1 cm³/mol. The van der Waals surface area contributed by atoms with Crippen LogP contribution >= 0.6 is 0 Å². The van der Waals surface area contributed by atoms with E-state index in [2.05, 4.69) is 31.3 Å². The quantitative estimate of drug-likeness (QED) is 0.741. The Hall–Kier alpha value is -1.22. The van der Waals surface area contributed by atoms with Crippen LogP contribution in [0.25, 0.3) is 0 Å². The highest BCUT2D eigenvalue weighted by molar-refractivity contribution is 5.40. The minimum absolute atomic E-state index is 0.734. The molecule has 0 bridgehead atoms. The average Bonchev–Trinajstić information content (AvgIpc) is 3.03. The molecular formula is C18H29NO2. The normalized spacial score (nSPS) is 15.3. The molecule has 0 aliphatic heterocycles. The monoisotopic (exact) mass is 291 g/mol. The Morgan fingerprint density at radius 2 is 1.95 bits per heavy atom. The lowest BCUT2D eigenvalue weighted by atomic mass is 10.1. The summed E-state index contributed by atoms with van der Waals surface area (Å²) in [6.07, 6.45) is 6.37. The van der Waals surface area contributed by atoms with E-state index in [9.17, 15) is 0 Å². The van der Waals surface area contributed by atoms with Crippen LogP contribution < -0.4 is 14.8 Å². The number of hydrogen-bond acceptors (Lipinski definition) is 3. The Morgan fingerprint density at radius 1 is 1.14 bits per heavy atom. The SMILES string of the molecule is CCCOc1ccc(CNCC)c(OCC2CCCC2)c1. The second-order valence-corrected chi connectivity index (χ2v) is 5.86. The topological polar surface area (TPSA) is 30.5 Å². The minimum Gasteiger partial charge on any atom is -0.493 e. The summed E-state index contributed by atoms with van der Waals surface area (Å²) < 4.78 is 11.8. The van der Waals surface area contributed by atoms with Crippen LogP contribution in [0.5, 0.6) is 11.5 Å². The fraction of sp³-hybridized carbons (Fsp3) is 0.667. The van der Waals surface area contributed by atoms with Gasteiger partial charge in [-0.25, -0.2) is 0 Å². The molecule has 0 unspecified atom stereocenters. The first kappa shape index (κ1) is 16.2.